The minimum atomic E-state index is -4.38. The highest BCUT2D eigenvalue weighted by Gasteiger charge is 2.30. The van der Waals surface area contributed by atoms with Crippen LogP contribution in [0.15, 0.2) is 48.0 Å². The third-order valence-electron chi connectivity index (χ3n) is 2.99. The van der Waals surface area contributed by atoms with Crippen LogP contribution in [-0.2, 0) is 6.18 Å². The lowest BCUT2D eigenvalue weighted by Crippen LogP contribution is -2.05. The zero-order valence-electron chi connectivity index (χ0n) is 11.6. The molecule has 2 heterocycles. The van der Waals surface area contributed by atoms with Gasteiger partial charge in [-0.3, -0.25) is 4.98 Å². The summed E-state index contributed by atoms with van der Waals surface area (Å²) in [6, 6.07) is 8.31. The Morgan fingerprint density at radius 3 is 2.65 bits per heavy atom. The van der Waals surface area contributed by atoms with Crippen LogP contribution in [0.1, 0.15) is 5.56 Å². The first-order chi connectivity index (χ1) is 10.9. The second kappa shape index (κ2) is 5.88. The molecule has 0 fully saturated rings. The number of benzene rings is 1. The lowest BCUT2D eigenvalue weighted by molar-refractivity contribution is -0.137. The van der Waals surface area contributed by atoms with E-state index in [1.54, 1.807) is 29.8 Å². The molecule has 0 saturated carbocycles. The van der Waals surface area contributed by atoms with E-state index in [9.17, 15) is 13.2 Å². The Morgan fingerprint density at radius 1 is 1.09 bits per heavy atom. The van der Waals surface area contributed by atoms with Crippen molar-refractivity contribution in [1.29, 1.82) is 0 Å². The Bertz CT molecular complexity index is 829. The number of hydrogen-bond acceptors (Lipinski definition) is 5. The maximum absolute atomic E-state index is 12.7. The fourth-order valence-corrected chi connectivity index (χ4v) is 2.66. The molecule has 2 aromatic heterocycles. The number of alkyl halides is 3. The average Bonchev–Trinajstić information content (AvgIpc) is 2.95. The smallest absolute Gasteiger partial charge is 0.399 e. The lowest BCUT2D eigenvalue weighted by atomic mass is 10.2. The number of rotatable bonds is 3. The van der Waals surface area contributed by atoms with E-state index < -0.39 is 11.7 Å². The van der Waals surface area contributed by atoms with E-state index in [1.807, 2.05) is 0 Å². The summed E-state index contributed by atoms with van der Waals surface area (Å²) in [5.74, 6) is 0. The van der Waals surface area contributed by atoms with Gasteiger partial charge in [0.15, 0.2) is 5.13 Å². The molecular formula is C15H11F3N4S. The first-order valence-electron chi connectivity index (χ1n) is 6.53. The van der Waals surface area contributed by atoms with Crippen LogP contribution in [0.25, 0.3) is 11.4 Å². The van der Waals surface area contributed by atoms with E-state index in [4.69, 9.17) is 5.73 Å². The molecule has 3 aromatic rings. The molecule has 0 bridgehead atoms. The van der Waals surface area contributed by atoms with Crippen LogP contribution in [0.4, 0.5) is 29.7 Å². The number of pyridine rings is 1. The molecule has 4 nitrogen and oxygen atoms in total. The topological polar surface area (TPSA) is 63.8 Å². The van der Waals surface area contributed by atoms with E-state index in [0.717, 1.165) is 12.1 Å². The second-order valence-corrected chi connectivity index (χ2v) is 5.57. The molecule has 0 aliphatic carbocycles. The van der Waals surface area contributed by atoms with Crippen LogP contribution >= 0.6 is 11.3 Å². The number of hydrogen-bond donors (Lipinski definition) is 2. The molecule has 0 amide bonds. The summed E-state index contributed by atoms with van der Waals surface area (Å²) in [5.41, 5.74) is 7.09. The van der Waals surface area contributed by atoms with E-state index in [-0.39, 0.29) is 0 Å². The van der Waals surface area contributed by atoms with Crippen LogP contribution in [0.5, 0.6) is 0 Å². The molecule has 3 N–H and O–H groups in total. The monoisotopic (exact) mass is 336 g/mol. The molecule has 0 spiro atoms. The minimum Gasteiger partial charge on any atom is -0.399 e. The maximum atomic E-state index is 12.7. The SMILES string of the molecule is Nc1ccnc(-c2csc(Nc3cccc(C(F)(F)F)c3)n2)c1. The first kappa shape index (κ1) is 15.3. The molecule has 8 heteroatoms. The Labute approximate surface area is 133 Å². The van der Waals surface area contributed by atoms with E-state index >= 15 is 0 Å². The summed E-state index contributed by atoms with van der Waals surface area (Å²) in [6.45, 7) is 0. The van der Waals surface area contributed by atoms with Gasteiger partial charge in [-0.05, 0) is 30.3 Å². The van der Waals surface area contributed by atoms with Gasteiger partial charge in [-0.1, -0.05) is 6.07 Å². The van der Waals surface area contributed by atoms with Gasteiger partial charge in [-0.25, -0.2) is 4.98 Å². The Morgan fingerprint density at radius 2 is 1.91 bits per heavy atom. The third-order valence-corrected chi connectivity index (χ3v) is 3.75. The Balaban J connectivity index is 1.82. The number of aromatic nitrogens is 2. The predicted octanol–water partition coefficient (Wildman–Crippen LogP) is 4.55. The molecule has 0 atom stereocenters. The number of thiazole rings is 1. The summed E-state index contributed by atoms with van der Waals surface area (Å²) < 4.78 is 38.1. The van der Waals surface area contributed by atoms with Crippen molar-refractivity contribution in [1.82, 2.24) is 9.97 Å². The van der Waals surface area contributed by atoms with Crippen LogP contribution in [-0.4, -0.2) is 9.97 Å². The van der Waals surface area contributed by atoms with Crippen molar-refractivity contribution in [2.45, 2.75) is 6.18 Å². The van der Waals surface area contributed by atoms with Crippen LogP contribution in [0, 0.1) is 0 Å². The number of nitrogen functional groups attached to an aromatic ring is 1. The molecule has 0 aliphatic rings. The van der Waals surface area contributed by atoms with Crippen LogP contribution in [0.3, 0.4) is 0 Å². The van der Waals surface area contributed by atoms with Gasteiger partial charge < -0.3 is 11.1 Å². The van der Waals surface area contributed by atoms with Gasteiger partial charge in [-0.15, -0.1) is 11.3 Å². The van der Waals surface area contributed by atoms with Gasteiger partial charge in [-0.2, -0.15) is 13.2 Å². The standard InChI is InChI=1S/C15H11F3N4S/c16-15(17,18)9-2-1-3-11(6-9)21-14-22-13(8-23-14)12-7-10(19)4-5-20-12/h1-8H,(H2,19,20)(H,21,22). The van der Waals surface area contributed by atoms with Crippen molar-refractivity contribution in [2.75, 3.05) is 11.1 Å². The molecule has 0 unspecified atom stereocenters. The number of nitrogens with one attached hydrogen (secondary N) is 1. The minimum absolute atomic E-state index is 0.321. The summed E-state index contributed by atoms with van der Waals surface area (Å²) in [4.78, 5) is 8.48. The highest BCUT2D eigenvalue weighted by molar-refractivity contribution is 7.14. The molecule has 0 saturated heterocycles. The van der Waals surface area contributed by atoms with E-state index in [1.165, 1.54) is 17.4 Å². The van der Waals surface area contributed by atoms with Crippen molar-refractivity contribution in [2.24, 2.45) is 0 Å². The van der Waals surface area contributed by atoms with Gasteiger partial charge >= 0.3 is 6.18 Å². The van der Waals surface area contributed by atoms with Crippen molar-refractivity contribution in [3.63, 3.8) is 0 Å². The maximum Gasteiger partial charge on any atom is 0.416 e. The second-order valence-electron chi connectivity index (χ2n) is 4.72. The zero-order chi connectivity index (χ0) is 16.4. The summed E-state index contributed by atoms with van der Waals surface area (Å²) >= 11 is 1.27. The fourth-order valence-electron chi connectivity index (χ4n) is 1.93. The molecule has 0 aliphatic heterocycles. The van der Waals surface area contributed by atoms with Crippen molar-refractivity contribution in [3.05, 3.63) is 53.5 Å². The van der Waals surface area contributed by atoms with Crippen molar-refractivity contribution in [3.8, 4) is 11.4 Å². The first-order valence-corrected chi connectivity index (χ1v) is 7.41. The highest BCUT2D eigenvalue weighted by Crippen LogP contribution is 2.32. The predicted molar refractivity (Wildman–Crippen MR) is 84.5 cm³/mol. The Kier molecular flexibility index (Phi) is 3.91. The van der Waals surface area contributed by atoms with Gasteiger partial charge in [0.25, 0.3) is 0 Å². The molecule has 1 aromatic carbocycles. The van der Waals surface area contributed by atoms with Crippen LogP contribution < -0.4 is 11.1 Å². The molecule has 3 rings (SSSR count). The number of anilines is 3. The van der Waals surface area contributed by atoms with Gasteiger partial charge in [0, 0.05) is 23.0 Å². The Hall–Kier alpha value is -2.61. The number of halogens is 3. The average molecular weight is 336 g/mol. The number of nitrogens with two attached hydrogens (primary N) is 1. The van der Waals surface area contributed by atoms with Gasteiger partial charge in [0.05, 0.1) is 11.3 Å². The summed E-state index contributed by atoms with van der Waals surface area (Å²) in [7, 11) is 0. The number of nitrogens with zero attached hydrogens (tertiary/aromatic N) is 2. The third kappa shape index (κ3) is 3.59. The summed E-state index contributed by atoms with van der Waals surface area (Å²) in [6.07, 6.45) is -2.80. The molecule has 0 radical (unpaired) electrons. The van der Waals surface area contributed by atoms with E-state index in [0.29, 0.717) is 27.9 Å². The van der Waals surface area contributed by atoms with Crippen LogP contribution in [0.2, 0.25) is 0 Å². The largest absolute Gasteiger partial charge is 0.416 e. The quantitative estimate of drug-likeness (QED) is 0.736. The summed E-state index contributed by atoms with van der Waals surface area (Å²) in [5, 5.41) is 5.11. The van der Waals surface area contributed by atoms with E-state index in [2.05, 4.69) is 15.3 Å². The van der Waals surface area contributed by atoms with Gasteiger partial charge in [0.2, 0.25) is 0 Å². The highest BCUT2D eigenvalue weighted by atomic mass is 32.1. The van der Waals surface area contributed by atoms with Gasteiger partial charge in [0.1, 0.15) is 5.69 Å². The fraction of sp³-hybridized carbons (Fsp3) is 0.0667. The molecular weight excluding hydrogens is 325 g/mol. The van der Waals surface area contributed by atoms with Crippen molar-refractivity contribution >= 4 is 27.8 Å². The molecule has 118 valence electrons. The lowest BCUT2D eigenvalue weighted by Gasteiger charge is -2.08. The molecule has 23 heavy (non-hydrogen) atoms. The van der Waals surface area contributed by atoms with Crippen molar-refractivity contribution < 1.29 is 13.2 Å². The normalized spacial score (nSPS) is 11.4. The zero-order valence-corrected chi connectivity index (χ0v) is 12.4.